The highest BCUT2D eigenvalue weighted by molar-refractivity contribution is 5.99. The van der Waals surface area contributed by atoms with Gasteiger partial charge in [0.05, 0.1) is 30.2 Å². The highest BCUT2D eigenvalue weighted by atomic mass is 16.5. The molecule has 1 saturated carbocycles. The third-order valence-corrected chi connectivity index (χ3v) is 5.64. The Morgan fingerprint density at radius 2 is 2.14 bits per heavy atom. The summed E-state index contributed by atoms with van der Waals surface area (Å²) in [6.45, 7) is 4.43. The van der Waals surface area contributed by atoms with Crippen molar-refractivity contribution >= 4 is 17.5 Å². The normalized spacial score (nSPS) is 21.8. The van der Waals surface area contributed by atoms with E-state index in [0.717, 1.165) is 31.4 Å². The molecule has 4 rings (SSSR count). The Hall–Kier alpha value is -2.58. The molecule has 2 atom stereocenters. The van der Waals surface area contributed by atoms with Crippen LogP contribution in [0.25, 0.3) is 11.3 Å². The fourth-order valence-corrected chi connectivity index (χ4v) is 4.03. The number of aliphatic hydroxyl groups is 1. The first-order chi connectivity index (χ1) is 13.8. The molecule has 2 N–H and O–H groups in total. The number of fused-ring (bicyclic) bond motifs is 1. The number of carbonyl (C=O) groups is 1. The first-order valence-corrected chi connectivity index (χ1v) is 9.97. The Morgan fingerprint density at radius 1 is 1.31 bits per heavy atom. The minimum atomic E-state index is -0.998. The van der Waals surface area contributed by atoms with E-state index in [1.165, 1.54) is 0 Å². The van der Waals surface area contributed by atoms with E-state index in [0.29, 0.717) is 35.0 Å². The smallest absolute Gasteiger partial charge is 0.245 e. The number of rotatable bonds is 5. The largest absolute Gasteiger partial charge is 0.384 e. The lowest BCUT2D eigenvalue weighted by Gasteiger charge is -2.31. The molecule has 2 aromatic rings. The van der Waals surface area contributed by atoms with Gasteiger partial charge in [-0.05, 0) is 51.2 Å². The topological polar surface area (TPSA) is 100 Å². The van der Waals surface area contributed by atoms with Crippen molar-refractivity contribution in [3.63, 3.8) is 0 Å². The minimum absolute atomic E-state index is 0. The van der Waals surface area contributed by atoms with Gasteiger partial charge in [0.2, 0.25) is 5.91 Å². The molecule has 8 nitrogen and oxygen atoms in total. The SMILES string of the molecule is CO[C@H]1CCC(CN2CC(=O)Nc3ncc(-c4ccc(C(C)(C)O)nc4)nc32)C1.[HH]. The molecule has 2 aromatic heterocycles. The predicted molar refractivity (Wildman–Crippen MR) is 112 cm³/mol. The molecular formula is C21H29N5O3. The number of pyridine rings is 1. The maximum atomic E-state index is 12.1. The number of hydrogen-bond donors (Lipinski definition) is 2. The van der Waals surface area contributed by atoms with Crippen molar-refractivity contribution in [2.75, 3.05) is 30.4 Å². The van der Waals surface area contributed by atoms with Gasteiger partial charge in [0.25, 0.3) is 0 Å². The van der Waals surface area contributed by atoms with E-state index in [1.54, 1.807) is 39.4 Å². The van der Waals surface area contributed by atoms with Gasteiger partial charge in [0, 0.05) is 26.8 Å². The predicted octanol–water partition coefficient (Wildman–Crippen LogP) is 2.59. The van der Waals surface area contributed by atoms with Crippen molar-refractivity contribution in [1.29, 1.82) is 0 Å². The van der Waals surface area contributed by atoms with Gasteiger partial charge in [-0.1, -0.05) is 0 Å². The Kier molecular flexibility index (Phi) is 5.23. The van der Waals surface area contributed by atoms with Gasteiger partial charge in [0.15, 0.2) is 11.6 Å². The van der Waals surface area contributed by atoms with Gasteiger partial charge >= 0.3 is 0 Å². The molecule has 29 heavy (non-hydrogen) atoms. The van der Waals surface area contributed by atoms with Crippen molar-refractivity contribution in [2.24, 2.45) is 5.92 Å². The molecule has 156 valence electrons. The van der Waals surface area contributed by atoms with Crippen LogP contribution in [0.5, 0.6) is 0 Å². The number of nitrogens with zero attached hydrogens (tertiary/aromatic N) is 4. The lowest BCUT2D eigenvalue weighted by Crippen LogP contribution is -2.41. The second-order valence-electron chi connectivity index (χ2n) is 8.38. The quantitative estimate of drug-likeness (QED) is 0.797. The Labute approximate surface area is 171 Å². The van der Waals surface area contributed by atoms with Crippen LogP contribution in [0, 0.1) is 5.92 Å². The lowest BCUT2D eigenvalue weighted by atomic mass is 10.0. The molecule has 1 aliphatic heterocycles. The van der Waals surface area contributed by atoms with Gasteiger partial charge in [-0.2, -0.15) is 0 Å². The Balaban J connectivity index is 0.00000256. The van der Waals surface area contributed by atoms with Crippen molar-refractivity contribution < 1.29 is 16.1 Å². The number of carbonyl (C=O) groups excluding carboxylic acids is 1. The first-order valence-electron chi connectivity index (χ1n) is 9.97. The zero-order valence-electron chi connectivity index (χ0n) is 17.1. The highest BCUT2D eigenvalue weighted by Gasteiger charge is 2.31. The lowest BCUT2D eigenvalue weighted by molar-refractivity contribution is -0.115. The van der Waals surface area contributed by atoms with E-state index in [1.807, 2.05) is 11.0 Å². The number of aromatic nitrogens is 3. The molecule has 0 aromatic carbocycles. The van der Waals surface area contributed by atoms with E-state index in [9.17, 15) is 9.90 Å². The zero-order valence-corrected chi connectivity index (χ0v) is 17.1. The van der Waals surface area contributed by atoms with Gasteiger partial charge in [-0.15, -0.1) is 0 Å². The maximum Gasteiger partial charge on any atom is 0.245 e. The summed E-state index contributed by atoms with van der Waals surface area (Å²) in [5.41, 5.74) is 1.09. The molecule has 0 bridgehead atoms. The summed E-state index contributed by atoms with van der Waals surface area (Å²) < 4.78 is 5.48. The second kappa shape index (κ2) is 7.68. The summed E-state index contributed by atoms with van der Waals surface area (Å²) in [6.07, 6.45) is 6.77. The van der Waals surface area contributed by atoms with Crippen LogP contribution in [0.4, 0.5) is 11.6 Å². The maximum absolute atomic E-state index is 12.1. The summed E-state index contributed by atoms with van der Waals surface area (Å²) >= 11 is 0. The van der Waals surface area contributed by atoms with E-state index >= 15 is 0 Å². The van der Waals surface area contributed by atoms with Crippen LogP contribution in [0.15, 0.2) is 24.5 Å². The van der Waals surface area contributed by atoms with E-state index in [-0.39, 0.29) is 13.9 Å². The average molecular weight is 399 g/mol. The molecule has 3 heterocycles. The molecule has 1 fully saturated rings. The van der Waals surface area contributed by atoms with Crippen LogP contribution < -0.4 is 10.2 Å². The van der Waals surface area contributed by atoms with Gasteiger partial charge in [0.1, 0.15) is 5.60 Å². The number of nitrogens with one attached hydrogen (secondary N) is 1. The fourth-order valence-electron chi connectivity index (χ4n) is 4.03. The summed E-state index contributed by atoms with van der Waals surface area (Å²) in [4.78, 5) is 27.7. The van der Waals surface area contributed by atoms with Gasteiger partial charge in [-0.25, -0.2) is 9.97 Å². The summed E-state index contributed by atoms with van der Waals surface area (Å²) in [5, 5.41) is 12.9. The summed E-state index contributed by atoms with van der Waals surface area (Å²) in [5.74, 6) is 1.58. The van der Waals surface area contributed by atoms with Gasteiger partial charge in [-0.3, -0.25) is 9.78 Å². The van der Waals surface area contributed by atoms with E-state index in [4.69, 9.17) is 9.72 Å². The van der Waals surface area contributed by atoms with Crippen molar-refractivity contribution in [3.05, 3.63) is 30.2 Å². The number of hydrogen-bond acceptors (Lipinski definition) is 7. The molecule has 0 spiro atoms. The van der Waals surface area contributed by atoms with Crippen LogP contribution in [-0.2, 0) is 15.1 Å². The third-order valence-electron chi connectivity index (χ3n) is 5.64. The Morgan fingerprint density at radius 3 is 2.79 bits per heavy atom. The van der Waals surface area contributed by atoms with Crippen LogP contribution in [-0.4, -0.2) is 52.3 Å². The molecule has 1 amide bonds. The molecule has 1 aliphatic carbocycles. The molecular weight excluding hydrogens is 370 g/mol. The number of ether oxygens (including phenoxy) is 1. The third kappa shape index (κ3) is 4.23. The zero-order chi connectivity index (χ0) is 20.6. The van der Waals surface area contributed by atoms with Crippen LogP contribution >= 0.6 is 0 Å². The van der Waals surface area contributed by atoms with Crippen LogP contribution in [0.2, 0.25) is 0 Å². The average Bonchev–Trinajstić information content (AvgIpc) is 3.15. The Bertz CT molecular complexity index is 901. The fraction of sp³-hybridized carbons (Fsp3) is 0.524. The van der Waals surface area contributed by atoms with Crippen LogP contribution in [0.1, 0.15) is 40.2 Å². The second-order valence-corrected chi connectivity index (χ2v) is 8.38. The molecule has 0 saturated heterocycles. The minimum Gasteiger partial charge on any atom is -0.384 e. The van der Waals surface area contributed by atoms with E-state index < -0.39 is 5.60 Å². The summed E-state index contributed by atoms with van der Waals surface area (Å²) in [7, 11) is 1.76. The molecule has 0 radical (unpaired) electrons. The highest BCUT2D eigenvalue weighted by Crippen LogP contribution is 2.33. The van der Waals surface area contributed by atoms with Crippen molar-refractivity contribution in [1.82, 2.24) is 15.0 Å². The molecule has 8 heteroatoms. The monoisotopic (exact) mass is 399 g/mol. The first kappa shape index (κ1) is 19.7. The standard InChI is InChI=1S/C21H27N5O3.H2/c1-21(2,28)17-7-5-14(9-22-17)16-10-23-19-20(24-16)26(12-18(27)25-19)11-13-4-6-15(8-13)29-3;/h5,7,9-10,13,15,28H,4,6,8,11-12H2,1-3H3,(H,23,25,27);1H/t13?,15-;/m0./s1. The summed E-state index contributed by atoms with van der Waals surface area (Å²) in [6, 6.07) is 3.67. The van der Waals surface area contributed by atoms with Gasteiger partial charge < -0.3 is 20.1 Å². The molecule has 2 aliphatic rings. The van der Waals surface area contributed by atoms with Crippen molar-refractivity contribution in [2.45, 2.75) is 44.8 Å². The van der Waals surface area contributed by atoms with E-state index in [2.05, 4.69) is 15.3 Å². The number of amides is 1. The molecule has 1 unspecified atom stereocenters. The number of methoxy groups -OCH3 is 1. The van der Waals surface area contributed by atoms with Crippen LogP contribution in [0.3, 0.4) is 0 Å². The van der Waals surface area contributed by atoms with Crippen molar-refractivity contribution in [3.8, 4) is 11.3 Å². The number of anilines is 2.